The summed E-state index contributed by atoms with van der Waals surface area (Å²) in [5.74, 6) is -3.66. The van der Waals surface area contributed by atoms with Crippen LogP contribution in [0.25, 0.3) is 10.9 Å². The van der Waals surface area contributed by atoms with Gasteiger partial charge in [0.25, 0.3) is 0 Å². The molecule has 2 aromatic carbocycles. The van der Waals surface area contributed by atoms with E-state index in [9.17, 15) is 13.9 Å². The van der Waals surface area contributed by atoms with E-state index in [4.69, 9.17) is 9.72 Å². The number of aliphatic hydroxyl groups is 1. The van der Waals surface area contributed by atoms with E-state index >= 15 is 4.39 Å². The molecule has 2 N–H and O–H groups in total. The largest absolute Gasteiger partial charge is 0.384 e. The Morgan fingerprint density at radius 3 is 2.50 bits per heavy atom. The number of alkyl halides is 2. The van der Waals surface area contributed by atoms with Gasteiger partial charge in [0.2, 0.25) is 0 Å². The van der Waals surface area contributed by atoms with Crippen molar-refractivity contribution in [3.8, 4) is 0 Å². The number of halogens is 3. The Labute approximate surface area is 220 Å². The molecule has 9 heteroatoms. The molecule has 1 aromatic heterocycles. The van der Waals surface area contributed by atoms with Gasteiger partial charge in [-0.1, -0.05) is 12.1 Å². The first-order chi connectivity index (χ1) is 17.9. The van der Waals surface area contributed by atoms with E-state index in [1.165, 1.54) is 28.9 Å². The Hall–Kier alpha value is -2.91. The Balaban J connectivity index is 1.39. The van der Waals surface area contributed by atoms with E-state index in [1.807, 2.05) is 6.92 Å². The SMILES string of the molecule is Cc1nc(N[C@H](C)c2cccc(C(F)(F)C(C)(C)O)c2F)c2cc(N3CC4(COC4)C3)c3c(c2n1)CCC3. The third-order valence-corrected chi connectivity index (χ3v) is 8.32. The molecule has 0 bridgehead atoms. The fraction of sp³-hybridized carbons (Fsp3) is 0.517. The minimum Gasteiger partial charge on any atom is -0.384 e. The van der Waals surface area contributed by atoms with Crippen molar-refractivity contribution in [1.82, 2.24) is 9.97 Å². The lowest BCUT2D eigenvalue weighted by Gasteiger charge is -2.56. The molecule has 3 aromatic rings. The van der Waals surface area contributed by atoms with Crippen molar-refractivity contribution in [2.75, 3.05) is 36.5 Å². The monoisotopic (exact) mass is 526 g/mol. The van der Waals surface area contributed by atoms with E-state index in [-0.39, 0.29) is 11.0 Å². The predicted octanol–water partition coefficient (Wildman–Crippen LogP) is 5.44. The molecule has 1 aliphatic carbocycles. The zero-order chi connectivity index (χ0) is 27.0. The highest BCUT2D eigenvalue weighted by atomic mass is 19.3. The molecule has 2 fully saturated rings. The summed E-state index contributed by atoms with van der Waals surface area (Å²) in [6, 6.07) is 5.37. The zero-order valence-electron chi connectivity index (χ0n) is 22.2. The maximum absolute atomic E-state index is 15.5. The second-order valence-electron chi connectivity index (χ2n) is 11.8. The average Bonchev–Trinajstić information content (AvgIpc) is 3.27. The Morgan fingerprint density at radius 1 is 1.13 bits per heavy atom. The van der Waals surface area contributed by atoms with Crippen LogP contribution < -0.4 is 10.2 Å². The van der Waals surface area contributed by atoms with Gasteiger partial charge in [-0.25, -0.2) is 14.4 Å². The van der Waals surface area contributed by atoms with Crippen LogP contribution in [0.1, 0.15) is 61.3 Å². The first-order valence-electron chi connectivity index (χ1n) is 13.2. The van der Waals surface area contributed by atoms with Crippen LogP contribution in [0.2, 0.25) is 0 Å². The zero-order valence-corrected chi connectivity index (χ0v) is 22.2. The van der Waals surface area contributed by atoms with E-state index in [0.717, 1.165) is 76.4 Å². The molecule has 2 saturated heterocycles. The molecule has 3 aliphatic rings. The molecule has 6 rings (SSSR count). The van der Waals surface area contributed by atoms with Crippen LogP contribution in [0.4, 0.5) is 24.7 Å². The fourth-order valence-electron chi connectivity index (χ4n) is 6.10. The maximum Gasteiger partial charge on any atom is 0.303 e. The lowest BCUT2D eigenvalue weighted by atomic mass is 9.77. The van der Waals surface area contributed by atoms with Gasteiger partial charge in [0, 0.05) is 29.7 Å². The first-order valence-corrected chi connectivity index (χ1v) is 13.2. The van der Waals surface area contributed by atoms with Crippen LogP contribution in [-0.4, -0.2) is 47.0 Å². The van der Waals surface area contributed by atoms with Gasteiger partial charge in [-0.3, -0.25) is 0 Å². The lowest BCUT2D eigenvalue weighted by molar-refractivity contribution is -0.170. The van der Waals surface area contributed by atoms with Gasteiger partial charge >= 0.3 is 5.92 Å². The summed E-state index contributed by atoms with van der Waals surface area (Å²) >= 11 is 0. The highest BCUT2D eigenvalue weighted by Crippen LogP contribution is 2.46. The quantitative estimate of drug-likeness (QED) is 0.446. The van der Waals surface area contributed by atoms with E-state index in [0.29, 0.717) is 11.6 Å². The first kappa shape index (κ1) is 25.4. The van der Waals surface area contributed by atoms with Gasteiger partial charge < -0.3 is 20.1 Å². The number of fused-ring (bicyclic) bond motifs is 3. The number of rotatable bonds is 6. The minimum absolute atomic E-state index is 0.0758. The van der Waals surface area contributed by atoms with Gasteiger partial charge in [-0.2, -0.15) is 8.78 Å². The summed E-state index contributed by atoms with van der Waals surface area (Å²) in [5, 5.41) is 14.1. The van der Waals surface area contributed by atoms with Gasteiger partial charge in [0.1, 0.15) is 23.1 Å². The highest BCUT2D eigenvalue weighted by molar-refractivity contribution is 5.96. The number of nitrogens with one attached hydrogen (secondary N) is 1. The maximum atomic E-state index is 15.5. The lowest BCUT2D eigenvalue weighted by Crippen LogP contribution is -2.66. The van der Waals surface area contributed by atoms with Crippen molar-refractivity contribution in [3.05, 3.63) is 58.2 Å². The molecule has 2 aliphatic heterocycles. The van der Waals surface area contributed by atoms with Crippen LogP contribution in [0, 0.1) is 18.2 Å². The number of hydrogen-bond acceptors (Lipinski definition) is 6. The number of hydrogen-bond donors (Lipinski definition) is 2. The van der Waals surface area contributed by atoms with E-state index < -0.39 is 28.9 Å². The number of aromatic nitrogens is 2. The molecule has 1 atom stereocenters. The van der Waals surface area contributed by atoms with Crippen molar-refractivity contribution in [1.29, 1.82) is 0 Å². The number of ether oxygens (including phenoxy) is 1. The molecule has 0 radical (unpaired) electrons. The molecule has 3 heterocycles. The smallest absolute Gasteiger partial charge is 0.303 e. The van der Waals surface area contributed by atoms with Crippen molar-refractivity contribution in [2.45, 2.75) is 64.5 Å². The molecule has 0 saturated carbocycles. The summed E-state index contributed by atoms with van der Waals surface area (Å²) in [6.07, 6.45) is 3.02. The topological polar surface area (TPSA) is 70.5 Å². The highest BCUT2D eigenvalue weighted by Gasteiger charge is 2.50. The van der Waals surface area contributed by atoms with Crippen LogP contribution in [0.5, 0.6) is 0 Å². The molecule has 6 nitrogen and oxygen atoms in total. The number of aryl methyl sites for hydroxylation is 2. The van der Waals surface area contributed by atoms with Crippen LogP contribution >= 0.6 is 0 Å². The van der Waals surface area contributed by atoms with Crippen molar-refractivity contribution in [2.24, 2.45) is 5.41 Å². The standard InChI is InChI=1S/C29H33F3N4O2/c1-16(18-7-6-10-22(24(18)30)29(31,32)27(3,4)37)33-26-21-11-23(36-12-28(13-36)14-38-15-28)19-8-5-9-20(19)25(21)34-17(2)35-26/h6-7,10-11,16,37H,5,8-9,12-15H2,1-4H3,(H,33,34,35)/t16-/m1/s1. The Kier molecular flexibility index (Phi) is 5.71. The fourth-order valence-corrected chi connectivity index (χ4v) is 6.10. The molecule has 202 valence electrons. The second kappa shape index (κ2) is 8.55. The molecule has 38 heavy (non-hydrogen) atoms. The second-order valence-corrected chi connectivity index (χ2v) is 11.8. The van der Waals surface area contributed by atoms with Gasteiger partial charge in [0.15, 0.2) is 0 Å². The number of nitrogens with zero attached hydrogens (tertiary/aromatic N) is 3. The Morgan fingerprint density at radius 2 is 1.84 bits per heavy atom. The molecular weight excluding hydrogens is 493 g/mol. The van der Waals surface area contributed by atoms with E-state index in [1.54, 1.807) is 6.92 Å². The third kappa shape index (κ3) is 3.85. The van der Waals surface area contributed by atoms with Gasteiger partial charge in [-0.15, -0.1) is 0 Å². The molecular formula is C29H33F3N4O2. The Bertz CT molecular complexity index is 1420. The summed E-state index contributed by atoms with van der Waals surface area (Å²) in [7, 11) is 0. The van der Waals surface area contributed by atoms with Crippen LogP contribution in [-0.2, 0) is 23.5 Å². The van der Waals surface area contributed by atoms with E-state index in [2.05, 4.69) is 21.3 Å². The van der Waals surface area contributed by atoms with Crippen LogP contribution in [0.3, 0.4) is 0 Å². The van der Waals surface area contributed by atoms with Gasteiger partial charge in [0.05, 0.1) is 35.8 Å². The van der Waals surface area contributed by atoms with Crippen molar-refractivity contribution in [3.63, 3.8) is 0 Å². The van der Waals surface area contributed by atoms with Crippen LogP contribution in [0.15, 0.2) is 24.3 Å². The summed E-state index contributed by atoms with van der Waals surface area (Å²) in [5.41, 5.74) is 1.78. The third-order valence-electron chi connectivity index (χ3n) is 8.32. The normalized spacial score (nSPS) is 19.3. The molecule has 1 spiro atoms. The minimum atomic E-state index is -3.76. The summed E-state index contributed by atoms with van der Waals surface area (Å²) in [4.78, 5) is 11.9. The average molecular weight is 527 g/mol. The molecule has 0 amide bonds. The van der Waals surface area contributed by atoms with Crippen molar-refractivity contribution >= 4 is 22.4 Å². The summed E-state index contributed by atoms with van der Waals surface area (Å²) in [6.45, 7) is 9.04. The number of anilines is 2. The van der Waals surface area contributed by atoms with Crippen molar-refractivity contribution < 1.29 is 23.0 Å². The number of benzene rings is 2. The summed E-state index contributed by atoms with van der Waals surface area (Å²) < 4.78 is 50.7. The molecule has 0 unspecified atom stereocenters. The van der Waals surface area contributed by atoms with Gasteiger partial charge in [-0.05, 0) is 70.2 Å². The predicted molar refractivity (Wildman–Crippen MR) is 140 cm³/mol.